The molecule has 2 rings (SSSR count). The van der Waals surface area contributed by atoms with Gasteiger partial charge in [-0.05, 0) is 37.5 Å². The number of rotatable bonds is 3. The van der Waals surface area contributed by atoms with Crippen LogP contribution in [-0.2, 0) is 19.7 Å². The van der Waals surface area contributed by atoms with E-state index >= 15 is 0 Å². The van der Waals surface area contributed by atoms with E-state index in [1.165, 1.54) is 0 Å². The highest BCUT2D eigenvalue weighted by molar-refractivity contribution is 6.42. The maximum atomic E-state index is 12.5. The highest BCUT2D eigenvalue weighted by atomic mass is 35.5. The van der Waals surface area contributed by atoms with E-state index in [1.807, 2.05) is 0 Å². The normalized spacial score (nSPS) is 22.6. The number of carbonyl (C=O) groups is 2. The minimum atomic E-state index is -1.22. The number of ketones is 1. The molecule has 5 heteroatoms. The van der Waals surface area contributed by atoms with E-state index in [1.54, 1.807) is 25.1 Å². The standard InChI is InChI=1S/C15H16Cl2O3/c1-2-20-14(19)15(8-4-3-5-13(15)18)10-6-7-11(16)12(17)9-10/h6-7,9H,2-5,8H2,1H3. The van der Waals surface area contributed by atoms with E-state index in [4.69, 9.17) is 27.9 Å². The number of Topliss-reactive ketones (excluding diaryl/α,β-unsaturated/α-hetero) is 1. The van der Waals surface area contributed by atoms with Crippen molar-refractivity contribution in [3.63, 3.8) is 0 Å². The van der Waals surface area contributed by atoms with E-state index in [-0.39, 0.29) is 12.4 Å². The van der Waals surface area contributed by atoms with Gasteiger partial charge in [0.15, 0.2) is 11.2 Å². The summed E-state index contributed by atoms with van der Waals surface area (Å²) in [5.74, 6) is -0.580. The summed E-state index contributed by atoms with van der Waals surface area (Å²) in [7, 11) is 0. The molecule has 0 N–H and O–H groups in total. The third-order valence-electron chi connectivity index (χ3n) is 3.72. The second-order valence-electron chi connectivity index (χ2n) is 4.88. The van der Waals surface area contributed by atoms with Crippen LogP contribution in [0, 0.1) is 0 Å². The van der Waals surface area contributed by atoms with Crippen molar-refractivity contribution in [2.45, 2.75) is 38.0 Å². The van der Waals surface area contributed by atoms with Gasteiger partial charge in [-0.2, -0.15) is 0 Å². The molecular weight excluding hydrogens is 299 g/mol. The largest absolute Gasteiger partial charge is 0.465 e. The van der Waals surface area contributed by atoms with E-state index < -0.39 is 11.4 Å². The summed E-state index contributed by atoms with van der Waals surface area (Å²) < 4.78 is 5.14. The van der Waals surface area contributed by atoms with Crippen LogP contribution >= 0.6 is 23.2 Å². The predicted octanol–water partition coefficient (Wildman–Crippen LogP) is 3.94. The molecule has 3 nitrogen and oxygen atoms in total. The molecule has 1 unspecified atom stereocenters. The molecule has 0 radical (unpaired) electrons. The molecule has 1 aromatic rings. The molecule has 0 heterocycles. The monoisotopic (exact) mass is 314 g/mol. The number of hydrogen-bond acceptors (Lipinski definition) is 3. The molecule has 1 aliphatic rings. The summed E-state index contributed by atoms with van der Waals surface area (Å²) in [5, 5.41) is 0.740. The predicted molar refractivity (Wildman–Crippen MR) is 78.2 cm³/mol. The number of benzene rings is 1. The number of ether oxygens (including phenoxy) is 1. The first-order chi connectivity index (χ1) is 9.52. The van der Waals surface area contributed by atoms with Crippen molar-refractivity contribution in [1.82, 2.24) is 0 Å². The first-order valence-corrected chi connectivity index (χ1v) is 7.44. The number of hydrogen-bond donors (Lipinski definition) is 0. The van der Waals surface area contributed by atoms with Crippen molar-refractivity contribution in [2.24, 2.45) is 0 Å². The zero-order valence-corrected chi connectivity index (χ0v) is 12.8. The van der Waals surface area contributed by atoms with Crippen molar-refractivity contribution in [1.29, 1.82) is 0 Å². The lowest BCUT2D eigenvalue weighted by molar-refractivity contribution is -0.155. The summed E-state index contributed by atoms with van der Waals surface area (Å²) in [6.45, 7) is 1.98. The van der Waals surface area contributed by atoms with Crippen LogP contribution in [0.15, 0.2) is 18.2 Å². The van der Waals surface area contributed by atoms with Crippen molar-refractivity contribution in [3.05, 3.63) is 33.8 Å². The van der Waals surface area contributed by atoms with Gasteiger partial charge in [-0.25, -0.2) is 0 Å². The fourth-order valence-corrected chi connectivity index (χ4v) is 2.98. The lowest BCUT2D eigenvalue weighted by Crippen LogP contribution is -2.47. The zero-order chi connectivity index (χ0) is 14.8. The molecule has 1 atom stereocenters. The third kappa shape index (κ3) is 2.57. The van der Waals surface area contributed by atoms with E-state index in [0.29, 0.717) is 28.5 Å². The van der Waals surface area contributed by atoms with Gasteiger partial charge in [0.1, 0.15) is 0 Å². The van der Waals surface area contributed by atoms with Gasteiger partial charge in [-0.15, -0.1) is 0 Å². The molecule has 0 amide bonds. The molecule has 1 aromatic carbocycles. The lowest BCUT2D eigenvalue weighted by Gasteiger charge is -2.33. The van der Waals surface area contributed by atoms with Crippen LogP contribution in [0.4, 0.5) is 0 Å². The second kappa shape index (κ2) is 6.15. The lowest BCUT2D eigenvalue weighted by atomic mass is 9.68. The Kier molecular flexibility index (Phi) is 4.71. The molecule has 108 valence electrons. The second-order valence-corrected chi connectivity index (χ2v) is 5.70. The van der Waals surface area contributed by atoms with Gasteiger partial charge in [0.25, 0.3) is 0 Å². The van der Waals surface area contributed by atoms with E-state index in [0.717, 1.165) is 12.8 Å². The van der Waals surface area contributed by atoms with Gasteiger partial charge in [0, 0.05) is 6.42 Å². The van der Waals surface area contributed by atoms with Gasteiger partial charge in [0.2, 0.25) is 0 Å². The summed E-state index contributed by atoms with van der Waals surface area (Å²) in [6, 6.07) is 4.90. The van der Waals surface area contributed by atoms with E-state index in [2.05, 4.69) is 0 Å². The van der Waals surface area contributed by atoms with Crippen LogP contribution < -0.4 is 0 Å². The average Bonchev–Trinajstić information content (AvgIpc) is 2.43. The van der Waals surface area contributed by atoms with Gasteiger partial charge in [-0.1, -0.05) is 35.7 Å². The summed E-state index contributed by atoms with van der Waals surface area (Å²) in [4.78, 5) is 24.9. The molecule has 1 aliphatic carbocycles. The summed E-state index contributed by atoms with van der Waals surface area (Å²) >= 11 is 11.9. The van der Waals surface area contributed by atoms with E-state index in [9.17, 15) is 9.59 Å². The molecule has 0 saturated heterocycles. The average molecular weight is 315 g/mol. The zero-order valence-electron chi connectivity index (χ0n) is 11.2. The topological polar surface area (TPSA) is 43.4 Å². The molecule has 0 bridgehead atoms. The van der Waals surface area contributed by atoms with Gasteiger partial charge in [-0.3, -0.25) is 9.59 Å². The molecule has 1 fully saturated rings. The maximum Gasteiger partial charge on any atom is 0.324 e. The summed E-state index contributed by atoms with van der Waals surface area (Å²) in [6.07, 6.45) is 2.47. The first-order valence-electron chi connectivity index (χ1n) is 6.68. The Labute approximate surface area is 128 Å². The fourth-order valence-electron chi connectivity index (χ4n) is 2.68. The van der Waals surface area contributed by atoms with Crippen molar-refractivity contribution >= 4 is 35.0 Å². The Morgan fingerprint density at radius 2 is 2.05 bits per heavy atom. The SMILES string of the molecule is CCOC(=O)C1(c2ccc(Cl)c(Cl)c2)CCCCC1=O. The number of carbonyl (C=O) groups excluding carboxylic acids is 2. The Hall–Kier alpha value is -1.06. The van der Waals surface area contributed by atoms with Crippen LogP contribution in [0.25, 0.3) is 0 Å². The third-order valence-corrected chi connectivity index (χ3v) is 4.46. The van der Waals surface area contributed by atoms with Crippen LogP contribution in [0.2, 0.25) is 10.0 Å². The van der Waals surface area contributed by atoms with Crippen molar-refractivity contribution < 1.29 is 14.3 Å². The Morgan fingerprint density at radius 3 is 2.65 bits per heavy atom. The molecule has 0 spiro atoms. The quantitative estimate of drug-likeness (QED) is 0.627. The smallest absolute Gasteiger partial charge is 0.324 e. The maximum absolute atomic E-state index is 12.5. The van der Waals surface area contributed by atoms with Gasteiger partial charge in [0.05, 0.1) is 16.7 Å². The van der Waals surface area contributed by atoms with Crippen molar-refractivity contribution in [3.8, 4) is 0 Å². The van der Waals surface area contributed by atoms with Crippen LogP contribution in [0.1, 0.15) is 38.2 Å². The molecular formula is C15H16Cl2O3. The molecule has 0 aromatic heterocycles. The Bertz CT molecular complexity index is 542. The number of esters is 1. The van der Waals surface area contributed by atoms with Gasteiger partial charge < -0.3 is 4.74 Å². The van der Waals surface area contributed by atoms with Gasteiger partial charge >= 0.3 is 5.97 Å². The van der Waals surface area contributed by atoms with Crippen LogP contribution in [-0.4, -0.2) is 18.4 Å². The summed E-state index contributed by atoms with van der Waals surface area (Å²) in [5.41, 5.74) is -0.641. The minimum Gasteiger partial charge on any atom is -0.465 e. The molecule has 0 aliphatic heterocycles. The first kappa shape index (κ1) is 15.3. The highest BCUT2D eigenvalue weighted by Gasteiger charge is 2.49. The van der Waals surface area contributed by atoms with Crippen LogP contribution in [0.5, 0.6) is 0 Å². The fraction of sp³-hybridized carbons (Fsp3) is 0.467. The Balaban J connectivity index is 2.53. The van der Waals surface area contributed by atoms with Crippen molar-refractivity contribution in [2.75, 3.05) is 6.61 Å². The molecule has 20 heavy (non-hydrogen) atoms. The molecule has 1 saturated carbocycles. The Morgan fingerprint density at radius 1 is 1.30 bits per heavy atom. The highest BCUT2D eigenvalue weighted by Crippen LogP contribution is 2.40. The minimum absolute atomic E-state index is 0.0967. The number of halogens is 2. The van der Waals surface area contributed by atoms with Crippen LogP contribution in [0.3, 0.4) is 0 Å².